The highest BCUT2D eigenvalue weighted by atomic mass is 32.2. The third kappa shape index (κ3) is 4.02. The molecule has 1 aliphatic rings. The van der Waals surface area contributed by atoms with Gasteiger partial charge in [0.1, 0.15) is 5.82 Å². The third-order valence-corrected chi connectivity index (χ3v) is 5.70. The molecule has 0 amide bonds. The number of sulfonamides is 1. The van der Waals surface area contributed by atoms with E-state index in [1.54, 1.807) is 0 Å². The first-order chi connectivity index (χ1) is 9.86. The Morgan fingerprint density at radius 1 is 1.29 bits per heavy atom. The van der Waals surface area contributed by atoms with Gasteiger partial charge in [-0.2, -0.15) is 0 Å². The van der Waals surface area contributed by atoms with Crippen molar-refractivity contribution in [1.29, 1.82) is 0 Å². The van der Waals surface area contributed by atoms with Crippen molar-refractivity contribution in [3.8, 4) is 0 Å². The third-order valence-electron chi connectivity index (χ3n) is 4.30. The minimum Gasteiger partial charge on any atom is -0.326 e. The van der Waals surface area contributed by atoms with Gasteiger partial charge in [0, 0.05) is 18.7 Å². The van der Waals surface area contributed by atoms with E-state index in [1.807, 2.05) is 0 Å². The highest BCUT2D eigenvalue weighted by Gasteiger charge is 2.28. The highest BCUT2D eigenvalue weighted by Crippen LogP contribution is 2.35. The molecule has 0 saturated heterocycles. The van der Waals surface area contributed by atoms with E-state index in [0.717, 1.165) is 31.7 Å². The molecule has 1 saturated carbocycles. The maximum absolute atomic E-state index is 13.4. The van der Waals surface area contributed by atoms with Gasteiger partial charge in [-0.3, -0.25) is 0 Å². The molecule has 1 aliphatic carbocycles. The van der Waals surface area contributed by atoms with Crippen molar-refractivity contribution in [2.45, 2.75) is 50.5 Å². The summed E-state index contributed by atoms with van der Waals surface area (Å²) in [6.45, 7) is 2.52. The Balaban J connectivity index is 2.11. The number of rotatable bonds is 5. The van der Waals surface area contributed by atoms with Gasteiger partial charge in [0.15, 0.2) is 0 Å². The van der Waals surface area contributed by atoms with Gasteiger partial charge in [-0.05, 0) is 36.5 Å². The van der Waals surface area contributed by atoms with Crippen LogP contribution in [-0.4, -0.2) is 15.0 Å². The van der Waals surface area contributed by atoms with E-state index in [0.29, 0.717) is 6.54 Å². The topological polar surface area (TPSA) is 72.2 Å². The summed E-state index contributed by atoms with van der Waals surface area (Å²) in [6, 6.07) is 3.74. The first-order valence-corrected chi connectivity index (χ1v) is 8.83. The summed E-state index contributed by atoms with van der Waals surface area (Å²) < 4.78 is 40.7. The zero-order chi connectivity index (χ0) is 15.5. The Morgan fingerprint density at radius 2 is 1.95 bits per heavy atom. The molecule has 6 heteroatoms. The van der Waals surface area contributed by atoms with Crippen LogP contribution in [0.25, 0.3) is 0 Å². The van der Waals surface area contributed by atoms with Crippen molar-refractivity contribution < 1.29 is 12.8 Å². The number of hydrogen-bond acceptors (Lipinski definition) is 3. The zero-order valence-corrected chi connectivity index (χ0v) is 13.2. The summed E-state index contributed by atoms with van der Waals surface area (Å²) in [6.07, 6.45) is 5.58. The van der Waals surface area contributed by atoms with Gasteiger partial charge in [-0.25, -0.2) is 17.5 Å². The Hall–Kier alpha value is -0.980. The predicted molar refractivity (Wildman–Crippen MR) is 80.7 cm³/mol. The summed E-state index contributed by atoms with van der Waals surface area (Å²) in [5.41, 5.74) is 5.65. The van der Waals surface area contributed by atoms with Crippen molar-refractivity contribution >= 4 is 10.0 Å². The second-order valence-electron chi connectivity index (χ2n) is 6.15. The molecule has 0 heterocycles. The molecule has 0 unspecified atom stereocenters. The lowest BCUT2D eigenvalue weighted by atomic mass is 9.76. The molecule has 21 heavy (non-hydrogen) atoms. The summed E-state index contributed by atoms with van der Waals surface area (Å²) in [7, 11) is -3.62. The molecule has 0 bridgehead atoms. The van der Waals surface area contributed by atoms with E-state index in [-0.39, 0.29) is 22.4 Å². The van der Waals surface area contributed by atoms with Crippen LogP contribution in [0.3, 0.4) is 0 Å². The van der Waals surface area contributed by atoms with Gasteiger partial charge in [0.05, 0.1) is 4.90 Å². The van der Waals surface area contributed by atoms with Crippen molar-refractivity contribution in [3.63, 3.8) is 0 Å². The summed E-state index contributed by atoms with van der Waals surface area (Å²) in [5.74, 6) is -0.476. The second-order valence-corrected chi connectivity index (χ2v) is 7.92. The highest BCUT2D eigenvalue weighted by molar-refractivity contribution is 7.89. The molecular weight excluding hydrogens is 291 g/mol. The maximum atomic E-state index is 13.4. The normalized spacial score (nSPS) is 18.6. The van der Waals surface area contributed by atoms with Crippen LogP contribution in [0.15, 0.2) is 23.1 Å². The quantitative estimate of drug-likeness (QED) is 0.877. The average molecular weight is 314 g/mol. The lowest BCUT2D eigenvalue weighted by molar-refractivity contribution is 0.219. The van der Waals surface area contributed by atoms with Crippen LogP contribution in [0.2, 0.25) is 0 Å². The van der Waals surface area contributed by atoms with Crippen LogP contribution in [0.4, 0.5) is 4.39 Å². The lowest BCUT2D eigenvalue weighted by Gasteiger charge is -2.33. The van der Waals surface area contributed by atoms with Crippen molar-refractivity contribution in [3.05, 3.63) is 29.6 Å². The maximum Gasteiger partial charge on any atom is 0.240 e. The number of halogens is 1. The van der Waals surface area contributed by atoms with Gasteiger partial charge in [0.2, 0.25) is 10.0 Å². The SMILES string of the molecule is CC1(CNS(=O)(=O)c2ccc(F)c(CN)c2)CCCCC1. The molecular formula is C15H23FN2O2S. The van der Waals surface area contributed by atoms with Gasteiger partial charge in [0.25, 0.3) is 0 Å². The van der Waals surface area contributed by atoms with E-state index in [9.17, 15) is 12.8 Å². The molecule has 0 spiro atoms. The molecule has 0 radical (unpaired) electrons. The van der Waals surface area contributed by atoms with Crippen LogP contribution >= 0.6 is 0 Å². The average Bonchev–Trinajstić information content (AvgIpc) is 2.46. The molecule has 0 atom stereocenters. The standard InChI is InChI=1S/C15H23FN2O2S/c1-15(7-3-2-4-8-15)11-18-21(19,20)13-5-6-14(16)12(9-13)10-17/h5-6,9,18H,2-4,7-8,10-11,17H2,1H3. The minimum absolute atomic E-state index is 0.0159. The first-order valence-electron chi connectivity index (χ1n) is 7.34. The van der Waals surface area contributed by atoms with Gasteiger partial charge in [-0.1, -0.05) is 26.2 Å². The van der Waals surface area contributed by atoms with Crippen molar-refractivity contribution in [1.82, 2.24) is 4.72 Å². The number of nitrogens with two attached hydrogens (primary N) is 1. The smallest absolute Gasteiger partial charge is 0.240 e. The molecule has 1 aromatic carbocycles. The van der Waals surface area contributed by atoms with Gasteiger partial charge in [-0.15, -0.1) is 0 Å². The fourth-order valence-electron chi connectivity index (χ4n) is 2.81. The molecule has 4 nitrogen and oxygen atoms in total. The first kappa shape index (κ1) is 16.4. The van der Waals surface area contributed by atoms with Crippen LogP contribution in [0, 0.1) is 11.2 Å². The van der Waals surface area contributed by atoms with E-state index in [2.05, 4.69) is 11.6 Å². The summed E-state index contributed by atoms with van der Waals surface area (Å²) in [4.78, 5) is 0.0729. The fraction of sp³-hybridized carbons (Fsp3) is 0.600. The molecule has 0 aliphatic heterocycles. The van der Waals surface area contributed by atoms with E-state index < -0.39 is 15.8 Å². The Labute approximate surface area is 126 Å². The molecule has 0 aromatic heterocycles. The predicted octanol–water partition coefficient (Wildman–Crippen LogP) is 2.53. The number of hydrogen-bond donors (Lipinski definition) is 2. The second kappa shape index (κ2) is 6.42. The van der Waals surface area contributed by atoms with Crippen LogP contribution < -0.4 is 10.5 Å². The van der Waals surface area contributed by atoms with E-state index in [4.69, 9.17) is 5.73 Å². The van der Waals surface area contributed by atoms with Crippen LogP contribution in [0.1, 0.15) is 44.6 Å². The van der Waals surface area contributed by atoms with Crippen LogP contribution in [0.5, 0.6) is 0 Å². The summed E-state index contributed by atoms with van der Waals surface area (Å²) >= 11 is 0. The van der Waals surface area contributed by atoms with E-state index >= 15 is 0 Å². The molecule has 2 rings (SSSR count). The Bertz CT molecular complexity index is 596. The molecule has 3 N–H and O–H groups in total. The molecule has 118 valence electrons. The van der Waals surface area contributed by atoms with Crippen LogP contribution in [-0.2, 0) is 16.6 Å². The van der Waals surface area contributed by atoms with E-state index in [1.165, 1.54) is 18.6 Å². The Kier molecular flexibility index (Phi) is 5.01. The van der Waals surface area contributed by atoms with Gasteiger partial charge < -0.3 is 5.73 Å². The lowest BCUT2D eigenvalue weighted by Crippen LogP contribution is -2.37. The molecule has 1 fully saturated rings. The summed E-state index contributed by atoms with van der Waals surface area (Å²) in [5, 5.41) is 0. The number of benzene rings is 1. The Morgan fingerprint density at radius 3 is 2.57 bits per heavy atom. The minimum atomic E-state index is -3.62. The van der Waals surface area contributed by atoms with Gasteiger partial charge >= 0.3 is 0 Å². The number of nitrogens with one attached hydrogen (secondary N) is 1. The zero-order valence-electron chi connectivity index (χ0n) is 12.4. The van der Waals surface area contributed by atoms with Crippen molar-refractivity contribution in [2.75, 3.05) is 6.54 Å². The monoisotopic (exact) mass is 314 g/mol. The van der Waals surface area contributed by atoms with Crippen molar-refractivity contribution in [2.24, 2.45) is 11.1 Å². The molecule has 1 aromatic rings. The fourth-order valence-corrected chi connectivity index (χ4v) is 4.06. The largest absolute Gasteiger partial charge is 0.326 e.